The van der Waals surface area contributed by atoms with Crippen molar-refractivity contribution in [2.45, 2.75) is 57.1 Å². The van der Waals surface area contributed by atoms with E-state index in [9.17, 15) is 4.79 Å². The molecule has 0 aromatic carbocycles. The molecule has 0 aromatic heterocycles. The zero-order chi connectivity index (χ0) is 13.8. The van der Waals surface area contributed by atoms with E-state index in [0.717, 1.165) is 44.9 Å². The van der Waals surface area contributed by atoms with Gasteiger partial charge in [0.2, 0.25) is 5.91 Å². The Morgan fingerprint density at radius 3 is 2.47 bits per heavy atom. The number of hydrogen-bond donors (Lipinski definition) is 1. The predicted molar refractivity (Wildman–Crippen MR) is 75.7 cm³/mol. The highest BCUT2D eigenvalue weighted by atomic mass is 16.5. The van der Waals surface area contributed by atoms with E-state index in [1.165, 1.54) is 0 Å². The van der Waals surface area contributed by atoms with Gasteiger partial charge in [0.25, 0.3) is 0 Å². The quantitative estimate of drug-likeness (QED) is 0.845. The van der Waals surface area contributed by atoms with Gasteiger partial charge in [0.15, 0.2) is 0 Å². The first-order valence-corrected chi connectivity index (χ1v) is 7.67. The van der Waals surface area contributed by atoms with Gasteiger partial charge in [-0.1, -0.05) is 6.42 Å². The van der Waals surface area contributed by atoms with Crippen LogP contribution in [0.15, 0.2) is 0 Å². The van der Waals surface area contributed by atoms with Crippen LogP contribution >= 0.6 is 0 Å². The molecule has 2 aliphatic carbocycles. The van der Waals surface area contributed by atoms with Crippen molar-refractivity contribution < 1.29 is 9.53 Å². The summed E-state index contributed by atoms with van der Waals surface area (Å²) in [5.74, 6) is 0.911. The first-order chi connectivity index (χ1) is 9.17. The predicted octanol–water partition coefficient (Wildman–Crippen LogP) is 1.78. The van der Waals surface area contributed by atoms with Gasteiger partial charge in [-0.25, -0.2) is 0 Å². The van der Waals surface area contributed by atoms with Gasteiger partial charge in [-0.2, -0.15) is 0 Å². The van der Waals surface area contributed by atoms with Crippen LogP contribution in [0, 0.1) is 11.8 Å². The molecule has 4 heteroatoms. The molecule has 19 heavy (non-hydrogen) atoms. The lowest BCUT2D eigenvalue weighted by Crippen LogP contribution is -2.44. The Bertz CT molecular complexity index is 301. The molecule has 110 valence electrons. The summed E-state index contributed by atoms with van der Waals surface area (Å²) < 4.78 is 5.39. The number of methoxy groups -OCH3 is 1. The van der Waals surface area contributed by atoms with Crippen LogP contribution in [0.3, 0.4) is 0 Å². The number of rotatable bonds is 4. The maximum Gasteiger partial charge on any atom is 0.225 e. The average Bonchev–Trinajstić information content (AvgIpc) is 2.94. The van der Waals surface area contributed by atoms with Gasteiger partial charge < -0.3 is 15.4 Å². The van der Waals surface area contributed by atoms with Crippen LogP contribution in [0.1, 0.15) is 44.9 Å². The number of ether oxygens (including phenoxy) is 1. The summed E-state index contributed by atoms with van der Waals surface area (Å²) in [4.78, 5) is 14.6. The molecule has 0 saturated heterocycles. The van der Waals surface area contributed by atoms with Crippen LogP contribution in [0.4, 0.5) is 0 Å². The fourth-order valence-corrected chi connectivity index (χ4v) is 3.75. The van der Waals surface area contributed by atoms with Gasteiger partial charge in [-0.15, -0.1) is 0 Å². The van der Waals surface area contributed by atoms with E-state index >= 15 is 0 Å². The van der Waals surface area contributed by atoms with Gasteiger partial charge in [-0.3, -0.25) is 4.79 Å². The van der Waals surface area contributed by atoms with Crippen molar-refractivity contribution in [1.29, 1.82) is 0 Å². The fourth-order valence-electron chi connectivity index (χ4n) is 3.75. The van der Waals surface area contributed by atoms with Crippen molar-refractivity contribution in [2.24, 2.45) is 17.6 Å². The molecule has 2 fully saturated rings. The zero-order valence-electron chi connectivity index (χ0n) is 12.3. The molecule has 2 saturated carbocycles. The molecule has 2 N–H and O–H groups in total. The molecule has 0 heterocycles. The first-order valence-electron chi connectivity index (χ1n) is 7.67. The molecular formula is C15H28N2O2. The smallest absolute Gasteiger partial charge is 0.225 e. The lowest BCUT2D eigenvalue weighted by atomic mass is 9.89. The summed E-state index contributed by atoms with van der Waals surface area (Å²) >= 11 is 0. The van der Waals surface area contributed by atoms with Crippen molar-refractivity contribution in [3.05, 3.63) is 0 Å². The van der Waals surface area contributed by atoms with Crippen LogP contribution in [0.25, 0.3) is 0 Å². The molecule has 0 aromatic rings. The van der Waals surface area contributed by atoms with Crippen molar-refractivity contribution >= 4 is 5.91 Å². The molecule has 0 spiro atoms. The third kappa shape index (κ3) is 3.29. The Kier molecular flexibility index (Phi) is 5.22. The SMILES string of the molecule is COC1CCC(N(C)C(=O)[C@@H]2CCC[C@@H]2CN)CC1. The molecule has 0 aliphatic heterocycles. The summed E-state index contributed by atoms with van der Waals surface area (Å²) in [7, 11) is 3.76. The largest absolute Gasteiger partial charge is 0.381 e. The highest BCUT2D eigenvalue weighted by molar-refractivity contribution is 5.79. The van der Waals surface area contributed by atoms with Gasteiger partial charge in [0, 0.05) is 26.1 Å². The number of nitrogens with zero attached hydrogens (tertiary/aromatic N) is 1. The number of carbonyl (C=O) groups excluding carboxylic acids is 1. The van der Waals surface area contributed by atoms with E-state index in [2.05, 4.69) is 0 Å². The number of carbonyl (C=O) groups is 1. The van der Waals surface area contributed by atoms with Gasteiger partial charge in [0.1, 0.15) is 0 Å². The summed E-state index contributed by atoms with van der Waals surface area (Å²) in [6, 6.07) is 0.401. The number of amides is 1. The number of nitrogens with two attached hydrogens (primary N) is 1. The summed E-state index contributed by atoms with van der Waals surface area (Å²) in [5.41, 5.74) is 5.79. The molecule has 1 amide bonds. The van der Waals surface area contributed by atoms with Crippen molar-refractivity contribution in [2.75, 3.05) is 20.7 Å². The lowest BCUT2D eigenvalue weighted by molar-refractivity contribution is -0.138. The maximum absolute atomic E-state index is 12.6. The highest BCUT2D eigenvalue weighted by Gasteiger charge is 2.36. The van der Waals surface area contributed by atoms with E-state index in [4.69, 9.17) is 10.5 Å². The molecular weight excluding hydrogens is 240 g/mol. The standard InChI is InChI=1S/C15H28N2O2/c1-17(12-6-8-13(19-2)9-7-12)15(18)14-5-3-4-11(14)10-16/h11-14H,3-10,16H2,1-2H3/t11-,12?,13?,14-/m1/s1. The molecule has 0 radical (unpaired) electrons. The van der Waals surface area contributed by atoms with Crippen LogP contribution in [-0.4, -0.2) is 43.7 Å². The van der Waals surface area contributed by atoms with Crippen LogP contribution < -0.4 is 5.73 Å². The molecule has 2 rings (SSSR count). The maximum atomic E-state index is 12.6. The molecule has 0 bridgehead atoms. The Balaban J connectivity index is 1.89. The minimum atomic E-state index is 0.176. The van der Waals surface area contributed by atoms with E-state index in [-0.39, 0.29) is 5.92 Å². The normalized spacial score (nSPS) is 35.3. The topological polar surface area (TPSA) is 55.6 Å². The second kappa shape index (κ2) is 6.71. The van der Waals surface area contributed by atoms with E-state index in [1.54, 1.807) is 7.11 Å². The monoisotopic (exact) mass is 268 g/mol. The molecule has 2 atom stereocenters. The Hall–Kier alpha value is -0.610. The highest BCUT2D eigenvalue weighted by Crippen LogP contribution is 2.34. The third-order valence-corrected chi connectivity index (χ3v) is 5.15. The Morgan fingerprint density at radius 1 is 1.21 bits per heavy atom. The second-order valence-electron chi connectivity index (χ2n) is 6.15. The summed E-state index contributed by atoms with van der Waals surface area (Å²) in [5, 5.41) is 0. The molecule has 2 aliphatic rings. The molecule has 4 nitrogen and oxygen atoms in total. The van der Waals surface area contributed by atoms with E-state index < -0.39 is 0 Å². The van der Waals surface area contributed by atoms with E-state index in [1.807, 2.05) is 11.9 Å². The molecule has 0 unspecified atom stereocenters. The lowest BCUT2D eigenvalue weighted by Gasteiger charge is -2.36. The van der Waals surface area contributed by atoms with Crippen molar-refractivity contribution in [3.8, 4) is 0 Å². The van der Waals surface area contributed by atoms with E-state index in [0.29, 0.717) is 30.5 Å². The summed E-state index contributed by atoms with van der Waals surface area (Å²) in [6.45, 7) is 0.653. The summed E-state index contributed by atoms with van der Waals surface area (Å²) in [6.07, 6.45) is 7.98. The van der Waals surface area contributed by atoms with Crippen molar-refractivity contribution in [1.82, 2.24) is 4.90 Å². The van der Waals surface area contributed by atoms with Gasteiger partial charge in [-0.05, 0) is 51.0 Å². The Labute approximate surface area is 116 Å². The minimum Gasteiger partial charge on any atom is -0.381 e. The van der Waals surface area contributed by atoms with Crippen LogP contribution in [0.2, 0.25) is 0 Å². The second-order valence-corrected chi connectivity index (χ2v) is 6.15. The zero-order valence-corrected chi connectivity index (χ0v) is 12.3. The number of hydrogen-bond acceptors (Lipinski definition) is 3. The fraction of sp³-hybridized carbons (Fsp3) is 0.933. The minimum absolute atomic E-state index is 0.176. The van der Waals surface area contributed by atoms with Gasteiger partial charge in [0.05, 0.1) is 6.10 Å². The first kappa shape index (κ1) is 14.8. The Morgan fingerprint density at radius 2 is 1.89 bits per heavy atom. The van der Waals surface area contributed by atoms with Gasteiger partial charge >= 0.3 is 0 Å². The third-order valence-electron chi connectivity index (χ3n) is 5.15. The van der Waals surface area contributed by atoms with Crippen LogP contribution in [-0.2, 0) is 9.53 Å². The average molecular weight is 268 g/mol. The van der Waals surface area contributed by atoms with Crippen molar-refractivity contribution in [3.63, 3.8) is 0 Å². The van der Waals surface area contributed by atoms with Crippen LogP contribution in [0.5, 0.6) is 0 Å².